The summed E-state index contributed by atoms with van der Waals surface area (Å²) in [5.74, 6) is 0. The topological polar surface area (TPSA) is 41.1 Å². The molecule has 1 aromatic heterocycles. The molecule has 0 spiro atoms. The van der Waals surface area contributed by atoms with Crippen molar-refractivity contribution in [2.45, 2.75) is 38.1 Å². The smallest absolute Gasteiger partial charge is 0.315 e. The number of thiophene rings is 1. The summed E-state index contributed by atoms with van der Waals surface area (Å²) >= 11 is 1.74. The number of carbonyl (C=O) groups is 1. The molecule has 0 bridgehead atoms. The van der Waals surface area contributed by atoms with Gasteiger partial charge in [-0.1, -0.05) is 19.9 Å². The molecule has 0 unspecified atom stereocenters. The average molecular weight is 238 g/mol. The third kappa shape index (κ3) is 2.98. The molecule has 4 heteroatoms. The summed E-state index contributed by atoms with van der Waals surface area (Å²) in [6.45, 7) is 4.97. The zero-order chi connectivity index (χ0) is 11.6. The van der Waals surface area contributed by atoms with Crippen LogP contribution in [0.15, 0.2) is 17.5 Å². The normalized spacial score (nSPS) is 15.9. The summed E-state index contributed by atoms with van der Waals surface area (Å²) in [6.07, 6.45) is 2.25. The Kier molecular flexibility index (Phi) is 3.19. The molecule has 0 radical (unpaired) electrons. The van der Waals surface area contributed by atoms with Crippen LogP contribution in [-0.2, 0) is 5.41 Å². The van der Waals surface area contributed by atoms with E-state index in [0.29, 0.717) is 12.6 Å². The van der Waals surface area contributed by atoms with Crippen LogP contribution < -0.4 is 10.6 Å². The van der Waals surface area contributed by atoms with Crippen molar-refractivity contribution in [2.75, 3.05) is 6.54 Å². The first-order chi connectivity index (χ1) is 7.58. The third-order valence-corrected chi connectivity index (χ3v) is 4.03. The van der Waals surface area contributed by atoms with Crippen LogP contribution in [0, 0.1) is 0 Å². The van der Waals surface area contributed by atoms with Crippen molar-refractivity contribution in [3.8, 4) is 0 Å². The summed E-state index contributed by atoms with van der Waals surface area (Å²) < 4.78 is 0. The van der Waals surface area contributed by atoms with Crippen LogP contribution in [0.4, 0.5) is 4.79 Å². The van der Waals surface area contributed by atoms with Gasteiger partial charge in [0.1, 0.15) is 0 Å². The quantitative estimate of drug-likeness (QED) is 0.831. The molecule has 1 aromatic rings. The molecular formula is C12H18N2OS. The first-order valence-electron chi connectivity index (χ1n) is 5.66. The number of amides is 2. The molecule has 0 aromatic carbocycles. The largest absolute Gasteiger partial charge is 0.337 e. The monoisotopic (exact) mass is 238 g/mol. The van der Waals surface area contributed by atoms with Crippen LogP contribution in [0.25, 0.3) is 0 Å². The first-order valence-corrected chi connectivity index (χ1v) is 6.54. The minimum atomic E-state index is -0.0351. The van der Waals surface area contributed by atoms with Gasteiger partial charge in [0.15, 0.2) is 0 Å². The summed E-state index contributed by atoms with van der Waals surface area (Å²) in [4.78, 5) is 12.8. The molecular weight excluding hydrogens is 220 g/mol. The molecule has 0 saturated heterocycles. The fourth-order valence-corrected chi connectivity index (χ4v) is 2.37. The first kappa shape index (κ1) is 11.5. The predicted molar refractivity (Wildman–Crippen MR) is 66.9 cm³/mol. The Bertz CT molecular complexity index is 355. The lowest BCUT2D eigenvalue weighted by atomic mass is 9.91. The Hall–Kier alpha value is -1.03. The zero-order valence-corrected chi connectivity index (χ0v) is 10.6. The SMILES string of the molecule is CC(C)(CNC(=O)NC1CC1)c1cccs1. The fourth-order valence-electron chi connectivity index (χ4n) is 1.52. The Morgan fingerprint density at radius 1 is 1.56 bits per heavy atom. The average Bonchev–Trinajstić information content (AvgIpc) is 2.86. The van der Waals surface area contributed by atoms with Crippen molar-refractivity contribution in [2.24, 2.45) is 0 Å². The minimum absolute atomic E-state index is 0.00899. The molecule has 1 aliphatic carbocycles. The van der Waals surface area contributed by atoms with E-state index >= 15 is 0 Å². The van der Waals surface area contributed by atoms with Crippen LogP contribution in [0.1, 0.15) is 31.6 Å². The van der Waals surface area contributed by atoms with E-state index in [1.54, 1.807) is 11.3 Å². The second-order valence-corrected chi connectivity index (χ2v) is 5.91. The molecule has 2 amide bonds. The zero-order valence-electron chi connectivity index (χ0n) is 9.75. The van der Waals surface area contributed by atoms with Crippen molar-refractivity contribution in [3.05, 3.63) is 22.4 Å². The van der Waals surface area contributed by atoms with Crippen LogP contribution in [0.2, 0.25) is 0 Å². The van der Waals surface area contributed by atoms with E-state index in [9.17, 15) is 4.79 Å². The van der Waals surface area contributed by atoms with Gasteiger partial charge in [-0.3, -0.25) is 0 Å². The van der Waals surface area contributed by atoms with Gasteiger partial charge in [0.2, 0.25) is 0 Å². The highest BCUT2D eigenvalue weighted by Crippen LogP contribution is 2.26. The number of rotatable bonds is 4. The Morgan fingerprint density at radius 3 is 2.88 bits per heavy atom. The van der Waals surface area contributed by atoms with Gasteiger partial charge in [0.25, 0.3) is 0 Å². The number of urea groups is 1. The summed E-state index contributed by atoms with van der Waals surface area (Å²) in [7, 11) is 0. The van der Waals surface area contributed by atoms with Crippen LogP contribution >= 0.6 is 11.3 Å². The van der Waals surface area contributed by atoms with Crippen molar-refractivity contribution in [1.82, 2.24) is 10.6 Å². The van der Waals surface area contributed by atoms with E-state index < -0.39 is 0 Å². The van der Waals surface area contributed by atoms with E-state index in [1.807, 2.05) is 6.07 Å². The highest BCUT2D eigenvalue weighted by molar-refractivity contribution is 7.10. The lowest BCUT2D eigenvalue weighted by Crippen LogP contribution is -2.42. The highest BCUT2D eigenvalue weighted by atomic mass is 32.1. The fraction of sp³-hybridized carbons (Fsp3) is 0.583. The second kappa shape index (κ2) is 4.45. The molecule has 0 aliphatic heterocycles. The van der Waals surface area contributed by atoms with E-state index in [-0.39, 0.29) is 11.4 Å². The minimum Gasteiger partial charge on any atom is -0.337 e. The van der Waals surface area contributed by atoms with Gasteiger partial charge in [-0.25, -0.2) is 4.79 Å². The summed E-state index contributed by atoms with van der Waals surface area (Å²) in [5, 5.41) is 7.94. The second-order valence-electron chi connectivity index (χ2n) is 4.96. The van der Waals surface area contributed by atoms with E-state index in [0.717, 1.165) is 12.8 Å². The summed E-state index contributed by atoms with van der Waals surface area (Å²) in [5.41, 5.74) is 0.00899. The van der Waals surface area contributed by atoms with Gasteiger partial charge < -0.3 is 10.6 Å². The Labute approximate surface area is 100 Å². The highest BCUT2D eigenvalue weighted by Gasteiger charge is 2.25. The Morgan fingerprint density at radius 2 is 2.31 bits per heavy atom. The standard InChI is InChI=1S/C12H18N2OS/c1-12(2,10-4-3-7-16-10)8-13-11(15)14-9-5-6-9/h3-4,7,9H,5-6,8H2,1-2H3,(H2,13,14,15). The van der Waals surface area contributed by atoms with Gasteiger partial charge >= 0.3 is 6.03 Å². The lowest BCUT2D eigenvalue weighted by Gasteiger charge is -2.23. The lowest BCUT2D eigenvalue weighted by molar-refractivity contribution is 0.238. The number of nitrogens with one attached hydrogen (secondary N) is 2. The van der Waals surface area contributed by atoms with Gasteiger partial charge in [0.05, 0.1) is 0 Å². The van der Waals surface area contributed by atoms with Crippen molar-refractivity contribution >= 4 is 17.4 Å². The van der Waals surface area contributed by atoms with Crippen molar-refractivity contribution < 1.29 is 4.79 Å². The number of carbonyl (C=O) groups excluding carboxylic acids is 1. The molecule has 1 aliphatic rings. The maximum Gasteiger partial charge on any atom is 0.315 e. The van der Waals surface area contributed by atoms with E-state index in [4.69, 9.17) is 0 Å². The number of hydrogen-bond acceptors (Lipinski definition) is 2. The van der Waals surface area contributed by atoms with E-state index in [2.05, 4.69) is 35.9 Å². The van der Waals surface area contributed by atoms with Gasteiger partial charge in [-0.15, -0.1) is 11.3 Å². The molecule has 2 N–H and O–H groups in total. The van der Waals surface area contributed by atoms with Crippen molar-refractivity contribution in [1.29, 1.82) is 0 Å². The van der Waals surface area contributed by atoms with Crippen molar-refractivity contribution in [3.63, 3.8) is 0 Å². The maximum atomic E-state index is 11.5. The maximum absolute atomic E-state index is 11.5. The molecule has 1 saturated carbocycles. The van der Waals surface area contributed by atoms with Gasteiger partial charge in [-0.2, -0.15) is 0 Å². The number of hydrogen-bond donors (Lipinski definition) is 2. The molecule has 2 rings (SSSR count). The van der Waals surface area contributed by atoms with Gasteiger partial charge in [0, 0.05) is 22.9 Å². The van der Waals surface area contributed by atoms with Crippen LogP contribution in [0.3, 0.4) is 0 Å². The molecule has 1 heterocycles. The molecule has 3 nitrogen and oxygen atoms in total. The van der Waals surface area contributed by atoms with Gasteiger partial charge in [-0.05, 0) is 24.3 Å². The van der Waals surface area contributed by atoms with E-state index in [1.165, 1.54) is 4.88 Å². The molecule has 88 valence electrons. The molecule has 16 heavy (non-hydrogen) atoms. The van der Waals surface area contributed by atoms with Crippen LogP contribution in [-0.4, -0.2) is 18.6 Å². The molecule has 1 fully saturated rings. The third-order valence-electron chi connectivity index (χ3n) is 2.79. The summed E-state index contributed by atoms with van der Waals surface area (Å²) in [6, 6.07) is 4.55. The Balaban J connectivity index is 1.81. The predicted octanol–water partition coefficient (Wildman–Crippen LogP) is 2.49. The molecule has 0 atom stereocenters. The van der Waals surface area contributed by atoms with Crippen LogP contribution in [0.5, 0.6) is 0 Å².